The van der Waals surface area contributed by atoms with Gasteiger partial charge in [0, 0.05) is 5.02 Å². The van der Waals surface area contributed by atoms with Crippen molar-refractivity contribution in [1.82, 2.24) is 0 Å². The molecular formula is C12H12ClNO4. The van der Waals surface area contributed by atoms with Crippen LogP contribution >= 0.6 is 11.6 Å². The number of carboxylic acid groups (broad SMARTS) is 1. The van der Waals surface area contributed by atoms with Crippen LogP contribution in [0.3, 0.4) is 0 Å². The Hall–Kier alpha value is -1.75. The van der Waals surface area contributed by atoms with Gasteiger partial charge in [0.2, 0.25) is 0 Å². The van der Waals surface area contributed by atoms with Crippen molar-refractivity contribution in [3.8, 4) is 5.75 Å². The smallest absolute Gasteiger partial charge is 0.394 e. The summed E-state index contributed by atoms with van der Waals surface area (Å²) < 4.78 is 5.53. The number of rotatable bonds is 4. The van der Waals surface area contributed by atoms with Crippen LogP contribution in [-0.2, 0) is 9.59 Å². The van der Waals surface area contributed by atoms with Crippen molar-refractivity contribution >= 4 is 29.2 Å². The van der Waals surface area contributed by atoms with Crippen LogP contribution in [0, 0.1) is 5.92 Å². The molecule has 5 nitrogen and oxygen atoms in total. The Morgan fingerprint density at radius 1 is 1.44 bits per heavy atom. The van der Waals surface area contributed by atoms with Crippen molar-refractivity contribution in [3.05, 3.63) is 23.2 Å². The Balaban J connectivity index is 2.11. The molecule has 0 aliphatic heterocycles. The predicted octanol–water partition coefficient (Wildman–Crippen LogP) is 2.15. The molecule has 96 valence electrons. The maximum atomic E-state index is 11.1. The van der Waals surface area contributed by atoms with Gasteiger partial charge in [-0.25, -0.2) is 4.79 Å². The van der Waals surface area contributed by atoms with Gasteiger partial charge in [0.05, 0.1) is 12.3 Å². The minimum absolute atomic E-state index is 0.274. The zero-order chi connectivity index (χ0) is 13.1. The first-order valence-electron chi connectivity index (χ1n) is 5.53. The first-order valence-corrected chi connectivity index (χ1v) is 5.90. The zero-order valence-corrected chi connectivity index (χ0v) is 10.2. The number of carboxylic acids is 1. The number of ether oxygens (including phenoxy) is 1. The molecule has 2 N–H and O–H groups in total. The van der Waals surface area contributed by atoms with Crippen LogP contribution in [-0.4, -0.2) is 23.6 Å². The van der Waals surface area contributed by atoms with Gasteiger partial charge in [0.15, 0.2) is 0 Å². The van der Waals surface area contributed by atoms with E-state index in [2.05, 4.69) is 5.32 Å². The molecule has 0 bridgehead atoms. The largest absolute Gasteiger partial charge is 0.491 e. The van der Waals surface area contributed by atoms with Gasteiger partial charge in [-0.15, -0.1) is 0 Å². The summed E-state index contributed by atoms with van der Waals surface area (Å²) in [5, 5.41) is 11.2. The molecule has 0 radical (unpaired) electrons. The fourth-order valence-corrected chi connectivity index (χ4v) is 1.57. The van der Waals surface area contributed by atoms with Crippen molar-refractivity contribution in [2.45, 2.75) is 12.8 Å². The summed E-state index contributed by atoms with van der Waals surface area (Å²) >= 11 is 5.80. The summed E-state index contributed by atoms with van der Waals surface area (Å²) in [6.45, 7) is 0.567. The second-order valence-corrected chi connectivity index (χ2v) is 4.59. The minimum atomic E-state index is -1.55. The molecule has 6 heteroatoms. The predicted molar refractivity (Wildman–Crippen MR) is 65.9 cm³/mol. The summed E-state index contributed by atoms with van der Waals surface area (Å²) in [5.74, 6) is -1.68. The molecule has 0 heterocycles. The molecule has 1 aromatic carbocycles. The van der Waals surface area contributed by atoms with Gasteiger partial charge in [-0.3, -0.25) is 4.79 Å². The number of carbonyl (C=O) groups excluding carboxylic acids is 1. The van der Waals surface area contributed by atoms with E-state index in [0.717, 1.165) is 12.8 Å². The maximum absolute atomic E-state index is 11.1. The highest BCUT2D eigenvalue weighted by molar-refractivity contribution is 6.37. The van der Waals surface area contributed by atoms with Gasteiger partial charge in [-0.05, 0) is 37.0 Å². The lowest BCUT2D eigenvalue weighted by atomic mass is 10.3. The molecule has 1 fully saturated rings. The Morgan fingerprint density at radius 3 is 2.78 bits per heavy atom. The average Bonchev–Trinajstić information content (AvgIpc) is 3.11. The fraction of sp³-hybridized carbons (Fsp3) is 0.333. The summed E-state index contributed by atoms with van der Waals surface area (Å²) in [6, 6.07) is 4.70. The van der Waals surface area contributed by atoms with E-state index >= 15 is 0 Å². The van der Waals surface area contributed by atoms with Crippen LogP contribution in [0.4, 0.5) is 5.69 Å². The van der Waals surface area contributed by atoms with Gasteiger partial charge >= 0.3 is 11.9 Å². The van der Waals surface area contributed by atoms with Crippen LogP contribution in [0.25, 0.3) is 0 Å². The number of hydrogen-bond donors (Lipinski definition) is 2. The molecule has 0 atom stereocenters. The van der Waals surface area contributed by atoms with E-state index in [4.69, 9.17) is 21.4 Å². The van der Waals surface area contributed by atoms with E-state index in [0.29, 0.717) is 23.3 Å². The van der Waals surface area contributed by atoms with E-state index in [9.17, 15) is 9.59 Å². The van der Waals surface area contributed by atoms with Crippen LogP contribution < -0.4 is 10.1 Å². The Morgan fingerprint density at radius 2 is 2.17 bits per heavy atom. The Bertz CT molecular complexity index is 485. The lowest BCUT2D eigenvalue weighted by Crippen LogP contribution is -2.22. The molecule has 1 amide bonds. The molecule has 1 aliphatic rings. The molecule has 0 aromatic heterocycles. The SMILES string of the molecule is O=C(O)C(=O)Nc1cc(Cl)ccc1OCC1CC1. The van der Waals surface area contributed by atoms with Crippen LogP contribution in [0.15, 0.2) is 18.2 Å². The van der Waals surface area contributed by atoms with Crippen LogP contribution in [0.1, 0.15) is 12.8 Å². The third kappa shape index (κ3) is 3.37. The van der Waals surface area contributed by atoms with Gasteiger partial charge in [-0.2, -0.15) is 0 Å². The van der Waals surface area contributed by atoms with Gasteiger partial charge in [0.1, 0.15) is 5.75 Å². The number of nitrogens with one attached hydrogen (secondary N) is 1. The van der Waals surface area contributed by atoms with E-state index in [1.807, 2.05) is 0 Å². The van der Waals surface area contributed by atoms with Crippen molar-refractivity contribution < 1.29 is 19.4 Å². The molecule has 0 saturated heterocycles. The fourth-order valence-electron chi connectivity index (χ4n) is 1.39. The van der Waals surface area contributed by atoms with Gasteiger partial charge < -0.3 is 15.2 Å². The second-order valence-electron chi connectivity index (χ2n) is 4.15. The number of amides is 1. The highest BCUT2D eigenvalue weighted by Gasteiger charge is 2.23. The number of aliphatic carboxylic acids is 1. The highest BCUT2D eigenvalue weighted by atomic mass is 35.5. The van der Waals surface area contributed by atoms with Crippen molar-refractivity contribution in [1.29, 1.82) is 0 Å². The summed E-state index contributed by atoms with van der Waals surface area (Å²) in [5.41, 5.74) is 0.274. The van der Waals surface area contributed by atoms with E-state index < -0.39 is 11.9 Å². The normalized spacial score (nSPS) is 14.1. The van der Waals surface area contributed by atoms with Crippen LogP contribution in [0.2, 0.25) is 5.02 Å². The summed E-state index contributed by atoms with van der Waals surface area (Å²) in [6.07, 6.45) is 2.29. The third-order valence-corrected chi connectivity index (χ3v) is 2.79. The maximum Gasteiger partial charge on any atom is 0.394 e. The Labute approximate surface area is 109 Å². The van der Waals surface area contributed by atoms with E-state index in [1.54, 1.807) is 12.1 Å². The number of halogens is 1. The number of benzene rings is 1. The molecule has 1 saturated carbocycles. The average molecular weight is 270 g/mol. The number of hydrogen-bond acceptors (Lipinski definition) is 3. The third-order valence-electron chi connectivity index (χ3n) is 2.56. The topological polar surface area (TPSA) is 75.6 Å². The molecule has 0 unspecified atom stereocenters. The van der Waals surface area contributed by atoms with E-state index in [-0.39, 0.29) is 5.69 Å². The minimum Gasteiger partial charge on any atom is -0.491 e. The summed E-state index contributed by atoms with van der Waals surface area (Å²) in [4.78, 5) is 21.6. The monoisotopic (exact) mass is 269 g/mol. The molecule has 1 aliphatic carbocycles. The lowest BCUT2D eigenvalue weighted by molar-refractivity contribution is -0.147. The number of carbonyl (C=O) groups is 2. The first kappa shape index (κ1) is 12.7. The van der Waals surface area contributed by atoms with Crippen molar-refractivity contribution in [2.24, 2.45) is 5.92 Å². The molecule has 2 rings (SSSR count). The second kappa shape index (κ2) is 5.27. The van der Waals surface area contributed by atoms with Gasteiger partial charge in [0.25, 0.3) is 0 Å². The summed E-state index contributed by atoms with van der Waals surface area (Å²) in [7, 11) is 0. The van der Waals surface area contributed by atoms with Gasteiger partial charge in [-0.1, -0.05) is 11.6 Å². The van der Waals surface area contributed by atoms with Crippen molar-refractivity contribution in [2.75, 3.05) is 11.9 Å². The molecule has 1 aromatic rings. The molecule has 0 spiro atoms. The van der Waals surface area contributed by atoms with E-state index in [1.165, 1.54) is 6.07 Å². The molecular weight excluding hydrogens is 258 g/mol. The van der Waals surface area contributed by atoms with Crippen molar-refractivity contribution in [3.63, 3.8) is 0 Å². The first-order chi connectivity index (χ1) is 8.56. The van der Waals surface area contributed by atoms with Crippen LogP contribution in [0.5, 0.6) is 5.75 Å². The molecule has 18 heavy (non-hydrogen) atoms. The Kier molecular flexibility index (Phi) is 3.72. The lowest BCUT2D eigenvalue weighted by Gasteiger charge is -2.11. The standard InChI is InChI=1S/C12H12ClNO4/c13-8-3-4-10(18-6-7-1-2-7)9(5-8)14-11(15)12(16)17/h3-5,7H,1-2,6H2,(H,14,15)(H,16,17). The highest BCUT2D eigenvalue weighted by Crippen LogP contribution is 2.33. The zero-order valence-electron chi connectivity index (χ0n) is 9.48. The quantitative estimate of drug-likeness (QED) is 0.821. The number of anilines is 1.